The van der Waals surface area contributed by atoms with E-state index in [-0.39, 0.29) is 5.91 Å². The third-order valence-electron chi connectivity index (χ3n) is 5.33. The number of aryl methyl sites for hydroxylation is 2. The molecule has 0 spiro atoms. The molecule has 1 saturated heterocycles. The van der Waals surface area contributed by atoms with Crippen molar-refractivity contribution in [3.05, 3.63) is 58.8 Å². The Balaban J connectivity index is 1.64. The SMILES string of the molecule is Cc1cnc(N2CCN(C(=O)c3ccc(C(C)(C)NC(=O)O)cc3)CC2)c(C)c1. The second-order valence-corrected chi connectivity index (χ2v) is 8.06. The average Bonchev–Trinajstić information content (AvgIpc) is 2.67. The van der Waals surface area contributed by atoms with Gasteiger partial charge in [-0.2, -0.15) is 0 Å². The van der Waals surface area contributed by atoms with Gasteiger partial charge < -0.3 is 20.2 Å². The molecule has 2 heterocycles. The molecule has 3 rings (SSSR count). The lowest BCUT2D eigenvalue weighted by Crippen LogP contribution is -2.49. The fraction of sp³-hybridized carbons (Fsp3) is 0.409. The van der Waals surface area contributed by atoms with E-state index in [1.165, 1.54) is 0 Å². The number of carbonyl (C=O) groups excluding carboxylic acids is 1. The molecule has 1 aliphatic heterocycles. The van der Waals surface area contributed by atoms with E-state index in [1.54, 1.807) is 38.1 Å². The number of nitrogens with one attached hydrogen (secondary N) is 1. The fourth-order valence-electron chi connectivity index (χ4n) is 3.71. The van der Waals surface area contributed by atoms with Crippen LogP contribution >= 0.6 is 0 Å². The molecule has 0 unspecified atom stereocenters. The minimum absolute atomic E-state index is 0.00575. The summed E-state index contributed by atoms with van der Waals surface area (Å²) in [5.74, 6) is 0.981. The summed E-state index contributed by atoms with van der Waals surface area (Å²) in [5, 5.41) is 11.5. The maximum atomic E-state index is 12.9. The zero-order valence-corrected chi connectivity index (χ0v) is 17.4. The highest BCUT2D eigenvalue weighted by atomic mass is 16.4. The van der Waals surface area contributed by atoms with E-state index >= 15 is 0 Å². The highest BCUT2D eigenvalue weighted by Gasteiger charge is 2.25. The summed E-state index contributed by atoms with van der Waals surface area (Å²) >= 11 is 0. The van der Waals surface area contributed by atoms with Crippen LogP contribution in [0.25, 0.3) is 0 Å². The summed E-state index contributed by atoms with van der Waals surface area (Å²) in [6, 6.07) is 9.27. The normalized spacial score (nSPS) is 14.6. The van der Waals surface area contributed by atoms with Gasteiger partial charge in [0, 0.05) is 37.9 Å². The molecule has 2 N–H and O–H groups in total. The molecular formula is C22H28N4O3. The van der Waals surface area contributed by atoms with Crippen LogP contribution in [0.4, 0.5) is 10.6 Å². The molecule has 1 aliphatic rings. The van der Waals surface area contributed by atoms with Gasteiger partial charge in [-0.15, -0.1) is 0 Å². The highest BCUT2D eigenvalue weighted by Crippen LogP contribution is 2.22. The Kier molecular flexibility index (Phi) is 5.77. The maximum absolute atomic E-state index is 12.9. The lowest BCUT2D eigenvalue weighted by Gasteiger charge is -2.36. The first kappa shape index (κ1) is 20.6. The van der Waals surface area contributed by atoms with E-state index in [9.17, 15) is 9.59 Å². The van der Waals surface area contributed by atoms with Gasteiger partial charge in [-0.3, -0.25) is 4.79 Å². The number of carboxylic acid groups (broad SMARTS) is 1. The number of nitrogens with zero attached hydrogens (tertiary/aromatic N) is 3. The lowest BCUT2D eigenvalue weighted by molar-refractivity contribution is 0.0746. The largest absolute Gasteiger partial charge is 0.465 e. The molecule has 0 radical (unpaired) electrons. The summed E-state index contributed by atoms with van der Waals surface area (Å²) in [4.78, 5) is 32.5. The molecule has 154 valence electrons. The Bertz CT molecular complexity index is 901. The molecule has 1 aromatic carbocycles. The Morgan fingerprint density at radius 2 is 1.69 bits per heavy atom. The van der Waals surface area contributed by atoms with Gasteiger partial charge in [0.15, 0.2) is 0 Å². The van der Waals surface area contributed by atoms with E-state index < -0.39 is 11.6 Å². The molecule has 1 aromatic heterocycles. The lowest BCUT2D eigenvalue weighted by atomic mass is 9.93. The summed E-state index contributed by atoms with van der Waals surface area (Å²) in [6.07, 6.45) is 0.800. The van der Waals surface area contributed by atoms with Crippen molar-refractivity contribution in [3.8, 4) is 0 Å². The van der Waals surface area contributed by atoms with Crippen LogP contribution in [0.2, 0.25) is 0 Å². The molecule has 0 aliphatic carbocycles. The Labute approximate surface area is 171 Å². The van der Waals surface area contributed by atoms with Gasteiger partial charge in [0.2, 0.25) is 0 Å². The quantitative estimate of drug-likeness (QED) is 0.829. The summed E-state index contributed by atoms with van der Waals surface area (Å²) in [5.41, 5.74) is 2.99. The van der Waals surface area contributed by atoms with Crippen LogP contribution in [0.5, 0.6) is 0 Å². The molecule has 0 atom stereocenters. The number of hydrogen-bond acceptors (Lipinski definition) is 4. The van der Waals surface area contributed by atoms with E-state index in [2.05, 4.69) is 28.2 Å². The van der Waals surface area contributed by atoms with Gasteiger partial charge in [0.1, 0.15) is 5.82 Å². The highest BCUT2D eigenvalue weighted by molar-refractivity contribution is 5.94. The van der Waals surface area contributed by atoms with Gasteiger partial charge in [0.25, 0.3) is 5.91 Å². The third kappa shape index (κ3) is 4.67. The summed E-state index contributed by atoms with van der Waals surface area (Å²) in [6.45, 7) is 10.5. The van der Waals surface area contributed by atoms with Gasteiger partial charge in [-0.05, 0) is 56.5 Å². The van der Waals surface area contributed by atoms with Gasteiger partial charge in [0.05, 0.1) is 5.54 Å². The van der Waals surface area contributed by atoms with Crippen molar-refractivity contribution in [3.63, 3.8) is 0 Å². The standard InChI is InChI=1S/C22H28N4O3/c1-15-13-16(2)19(23-14-15)25-9-11-26(12-10-25)20(27)17-5-7-18(8-6-17)22(3,4)24-21(28)29/h5-8,13-14,24H,9-12H2,1-4H3,(H,28,29). The van der Waals surface area contributed by atoms with Crippen LogP contribution < -0.4 is 10.2 Å². The molecule has 7 heteroatoms. The number of aromatic nitrogens is 1. The average molecular weight is 396 g/mol. The molecule has 7 nitrogen and oxygen atoms in total. The van der Waals surface area contributed by atoms with Crippen LogP contribution in [0.15, 0.2) is 36.5 Å². The minimum atomic E-state index is -1.08. The van der Waals surface area contributed by atoms with Crippen molar-refractivity contribution in [2.75, 3.05) is 31.1 Å². The van der Waals surface area contributed by atoms with E-state index in [0.29, 0.717) is 18.7 Å². The number of piperazine rings is 1. The van der Waals surface area contributed by atoms with E-state index in [1.807, 2.05) is 18.0 Å². The van der Waals surface area contributed by atoms with Crippen LogP contribution in [-0.4, -0.2) is 53.2 Å². The number of anilines is 1. The third-order valence-corrected chi connectivity index (χ3v) is 5.33. The smallest absolute Gasteiger partial charge is 0.405 e. The maximum Gasteiger partial charge on any atom is 0.405 e. The Hall–Kier alpha value is -3.09. The predicted octanol–water partition coefficient (Wildman–Crippen LogP) is 3.16. The summed E-state index contributed by atoms with van der Waals surface area (Å²) < 4.78 is 0. The van der Waals surface area contributed by atoms with Crippen LogP contribution in [0, 0.1) is 13.8 Å². The first-order chi connectivity index (χ1) is 13.7. The molecule has 2 amide bonds. The van der Waals surface area contributed by atoms with Crippen molar-refractivity contribution < 1.29 is 14.7 Å². The Morgan fingerprint density at radius 1 is 1.07 bits per heavy atom. The van der Waals surface area contributed by atoms with E-state index in [0.717, 1.165) is 35.6 Å². The van der Waals surface area contributed by atoms with Crippen LogP contribution in [-0.2, 0) is 5.54 Å². The van der Waals surface area contributed by atoms with E-state index in [4.69, 9.17) is 5.11 Å². The van der Waals surface area contributed by atoms with Crippen molar-refractivity contribution >= 4 is 17.8 Å². The monoisotopic (exact) mass is 396 g/mol. The van der Waals surface area contributed by atoms with Crippen LogP contribution in [0.1, 0.15) is 40.9 Å². The van der Waals surface area contributed by atoms with Crippen LogP contribution in [0.3, 0.4) is 0 Å². The number of hydrogen-bond donors (Lipinski definition) is 2. The zero-order chi connectivity index (χ0) is 21.2. The van der Waals surface area contributed by atoms with Crippen molar-refractivity contribution in [1.82, 2.24) is 15.2 Å². The predicted molar refractivity (Wildman–Crippen MR) is 112 cm³/mol. The van der Waals surface area contributed by atoms with Crippen molar-refractivity contribution in [2.24, 2.45) is 0 Å². The minimum Gasteiger partial charge on any atom is -0.465 e. The first-order valence-electron chi connectivity index (χ1n) is 9.76. The number of pyridine rings is 1. The second kappa shape index (κ2) is 8.11. The second-order valence-electron chi connectivity index (χ2n) is 8.06. The van der Waals surface area contributed by atoms with Crippen molar-refractivity contribution in [1.29, 1.82) is 0 Å². The molecule has 0 saturated carbocycles. The van der Waals surface area contributed by atoms with Gasteiger partial charge in [-0.25, -0.2) is 9.78 Å². The van der Waals surface area contributed by atoms with Gasteiger partial charge in [-0.1, -0.05) is 18.2 Å². The first-order valence-corrected chi connectivity index (χ1v) is 9.76. The Morgan fingerprint density at radius 3 is 2.24 bits per heavy atom. The van der Waals surface area contributed by atoms with Crippen molar-refractivity contribution in [2.45, 2.75) is 33.2 Å². The molecular weight excluding hydrogens is 368 g/mol. The molecule has 0 bridgehead atoms. The van der Waals surface area contributed by atoms with Gasteiger partial charge >= 0.3 is 6.09 Å². The number of carbonyl (C=O) groups is 2. The number of rotatable bonds is 4. The number of amides is 2. The molecule has 29 heavy (non-hydrogen) atoms. The number of benzene rings is 1. The topological polar surface area (TPSA) is 85.8 Å². The fourth-order valence-corrected chi connectivity index (χ4v) is 3.71. The summed E-state index contributed by atoms with van der Waals surface area (Å²) in [7, 11) is 0. The zero-order valence-electron chi connectivity index (χ0n) is 17.4. The molecule has 2 aromatic rings. The molecule has 1 fully saturated rings.